The smallest absolute Gasteiger partial charge is 0.328 e. The highest BCUT2D eigenvalue weighted by Gasteiger charge is 2.38. The standard InChI is InChI=1S/C12H20N4O2S/c1-4-6-15-7-9(17)16(12(15)18)11-14-13-10(19-11)8(3)5-2/h8-9,17H,4-7H2,1-3H3. The van der Waals surface area contributed by atoms with Crippen LogP contribution in [0.2, 0.25) is 0 Å². The van der Waals surface area contributed by atoms with E-state index in [1.807, 2.05) is 6.92 Å². The minimum Gasteiger partial charge on any atom is -0.371 e. The normalized spacial score (nSPS) is 21.3. The van der Waals surface area contributed by atoms with Crippen molar-refractivity contribution < 1.29 is 9.90 Å². The van der Waals surface area contributed by atoms with E-state index in [0.29, 0.717) is 24.1 Å². The average Bonchev–Trinajstić information content (AvgIpc) is 2.95. The van der Waals surface area contributed by atoms with E-state index in [4.69, 9.17) is 0 Å². The second-order valence-electron chi connectivity index (χ2n) is 4.81. The Hall–Kier alpha value is -1.21. The second-order valence-corrected chi connectivity index (χ2v) is 5.80. The Balaban J connectivity index is 2.17. The molecule has 0 bridgehead atoms. The number of hydrogen-bond acceptors (Lipinski definition) is 5. The maximum absolute atomic E-state index is 12.2. The number of carbonyl (C=O) groups excluding carboxylic acids is 1. The maximum Gasteiger partial charge on any atom is 0.328 e. The first-order valence-electron chi connectivity index (χ1n) is 6.68. The van der Waals surface area contributed by atoms with Gasteiger partial charge in [0.1, 0.15) is 5.01 Å². The molecule has 1 aliphatic heterocycles. The van der Waals surface area contributed by atoms with Crippen molar-refractivity contribution in [3.8, 4) is 0 Å². The lowest BCUT2D eigenvalue weighted by Crippen LogP contribution is -2.35. The highest BCUT2D eigenvalue weighted by molar-refractivity contribution is 7.15. The van der Waals surface area contributed by atoms with Gasteiger partial charge in [-0.15, -0.1) is 10.2 Å². The number of nitrogens with zero attached hydrogens (tertiary/aromatic N) is 4. The number of β-amino-alcohol motifs (C(OH)–C–C–N with tert-alkyl or cyclic N) is 1. The first-order chi connectivity index (χ1) is 9.08. The van der Waals surface area contributed by atoms with Gasteiger partial charge >= 0.3 is 6.03 Å². The van der Waals surface area contributed by atoms with E-state index < -0.39 is 6.23 Å². The predicted molar refractivity (Wildman–Crippen MR) is 74.4 cm³/mol. The van der Waals surface area contributed by atoms with Crippen molar-refractivity contribution >= 4 is 22.5 Å². The van der Waals surface area contributed by atoms with Gasteiger partial charge in [-0.1, -0.05) is 32.1 Å². The van der Waals surface area contributed by atoms with Gasteiger partial charge in [-0.3, -0.25) is 0 Å². The largest absolute Gasteiger partial charge is 0.371 e. The van der Waals surface area contributed by atoms with Gasteiger partial charge in [0.15, 0.2) is 6.23 Å². The van der Waals surface area contributed by atoms with Gasteiger partial charge < -0.3 is 10.0 Å². The zero-order valence-corrected chi connectivity index (χ0v) is 12.4. The fourth-order valence-corrected chi connectivity index (χ4v) is 3.02. The van der Waals surface area contributed by atoms with Crippen molar-refractivity contribution in [2.24, 2.45) is 0 Å². The number of urea groups is 1. The second kappa shape index (κ2) is 5.83. The zero-order chi connectivity index (χ0) is 14.0. The third-order valence-electron chi connectivity index (χ3n) is 3.32. The summed E-state index contributed by atoms with van der Waals surface area (Å²) in [6.07, 6.45) is 1.03. The third-order valence-corrected chi connectivity index (χ3v) is 4.48. The van der Waals surface area contributed by atoms with Gasteiger partial charge in [0, 0.05) is 12.5 Å². The van der Waals surface area contributed by atoms with E-state index in [0.717, 1.165) is 17.8 Å². The molecule has 1 N–H and O–H groups in total. The molecule has 2 unspecified atom stereocenters. The minimum atomic E-state index is -0.822. The molecule has 0 spiro atoms. The fraction of sp³-hybridized carbons (Fsp3) is 0.750. The number of aliphatic hydroxyl groups is 1. The van der Waals surface area contributed by atoms with Gasteiger partial charge in [-0.25, -0.2) is 9.69 Å². The zero-order valence-electron chi connectivity index (χ0n) is 11.5. The summed E-state index contributed by atoms with van der Waals surface area (Å²) in [7, 11) is 0. The molecular weight excluding hydrogens is 264 g/mol. The van der Waals surface area contributed by atoms with Gasteiger partial charge in [0.2, 0.25) is 5.13 Å². The van der Waals surface area contributed by atoms with Crippen molar-refractivity contribution in [3.63, 3.8) is 0 Å². The molecule has 0 aromatic carbocycles. The van der Waals surface area contributed by atoms with Gasteiger partial charge in [0.05, 0.1) is 6.54 Å². The SMILES string of the molecule is CCCN1CC(O)N(c2nnc(C(C)CC)s2)C1=O. The lowest BCUT2D eigenvalue weighted by atomic mass is 10.1. The average molecular weight is 284 g/mol. The summed E-state index contributed by atoms with van der Waals surface area (Å²) < 4.78 is 0. The van der Waals surface area contributed by atoms with Gasteiger partial charge in [0.25, 0.3) is 0 Å². The van der Waals surface area contributed by atoms with Crippen LogP contribution in [-0.4, -0.2) is 45.6 Å². The number of amides is 2. The number of aliphatic hydroxyl groups excluding tert-OH is 1. The van der Waals surface area contributed by atoms with Crippen molar-refractivity contribution in [2.75, 3.05) is 18.0 Å². The molecule has 0 radical (unpaired) electrons. The molecule has 0 aliphatic carbocycles. The number of aromatic nitrogens is 2. The van der Waals surface area contributed by atoms with Crippen molar-refractivity contribution in [1.29, 1.82) is 0 Å². The Kier molecular flexibility index (Phi) is 4.36. The first-order valence-corrected chi connectivity index (χ1v) is 7.49. The van der Waals surface area contributed by atoms with Crippen LogP contribution in [0.15, 0.2) is 0 Å². The van der Waals surface area contributed by atoms with E-state index in [2.05, 4.69) is 24.0 Å². The summed E-state index contributed by atoms with van der Waals surface area (Å²) in [4.78, 5) is 15.2. The van der Waals surface area contributed by atoms with Crippen molar-refractivity contribution in [1.82, 2.24) is 15.1 Å². The molecular formula is C12H20N4O2S. The molecule has 0 saturated carbocycles. The summed E-state index contributed by atoms with van der Waals surface area (Å²) in [5, 5.41) is 19.6. The van der Waals surface area contributed by atoms with Crippen LogP contribution in [0.4, 0.5) is 9.93 Å². The van der Waals surface area contributed by atoms with Crippen LogP contribution in [-0.2, 0) is 0 Å². The third kappa shape index (κ3) is 2.71. The van der Waals surface area contributed by atoms with Crippen LogP contribution in [0.3, 0.4) is 0 Å². The molecule has 1 saturated heterocycles. The molecule has 2 heterocycles. The maximum atomic E-state index is 12.2. The predicted octanol–water partition coefficient (Wildman–Crippen LogP) is 2.02. The Labute approximate surface area is 117 Å². The quantitative estimate of drug-likeness (QED) is 0.898. The fourth-order valence-electron chi connectivity index (χ4n) is 2.00. The molecule has 19 heavy (non-hydrogen) atoms. The molecule has 2 amide bonds. The van der Waals surface area contributed by atoms with Gasteiger partial charge in [-0.2, -0.15) is 0 Å². The molecule has 1 aromatic rings. The summed E-state index contributed by atoms with van der Waals surface area (Å²) in [6, 6.07) is -0.179. The molecule has 6 nitrogen and oxygen atoms in total. The highest BCUT2D eigenvalue weighted by Crippen LogP contribution is 2.31. The van der Waals surface area contributed by atoms with E-state index in [9.17, 15) is 9.90 Å². The number of rotatable bonds is 5. The van der Waals surface area contributed by atoms with Crippen LogP contribution in [0, 0.1) is 0 Å². The number of anilines is 1. The highest BCUT2D eigenvalue weighted by atomic mass is 32.1. The van der Waals surface area contributed by atoms with E-state index in [1.165, 1.54) is 16.2 Å². The van der Waals surface area contributed by atoms with Gasteiger partial charge in [-0.05, 0) is 12.8 Å². The molecule has 1 aliphatic rings. The number of hydrogen-bond donors (Lipinski definition) is 1. The minimum absolute atomic E-state index is 0.179. The Morgan fingerprint density at radius 1 is 1.47 bits per heavy atom. The lowest BCUT2D eigenvalue weighted by molar-refractivity contribution is 0.177. The topological polar surface area (TPSA) is 69.6 Å². The molecule has 2 atom stereocenters. The first kappa shape index (κ1) is 14.2. The van der Waals surface area contributed by atoms with E-state index in [1.54, 1.807) is 4.90 Å². The van der Waals surface area contributed by atoms with Crippen LogP contribution >= 0.6 is 11.3 Å². The van der Waals surface area contributed by atoms with Crippen LogP contribution < -0.4 is 4.90 Å². The lowest BCUT2D eigenvalue weighted by Gasteiger charge is -2.15. The molecule has 1 aromatic heterocycles. The summed E-state index contributed by atoms with van der Waals surface area (Å²) in [5.41, 5.74) is 0. The van der Waals surface area contributed by atoms with Crippen molar-refractivity contribution in [3.05, 3.63) is 5.01 Å². The molecule has 7 heteroatoms. The summed E-state index contributed by atoms with van der Waals surface area (Å²) in [5.74, 6) is 0.327. The van der Waals surface area contributed by atoms with E-state index >= 15 is 0 Å². The molecule has 1 fully saturated rings. The van der Waals surface area contributed by atoms with Crippen LogP contribution in [0.5, 0.6) is 0 Å². The Morgan fingerprint density at radius 3 is 2.84 bits per heavy atom. The summed E-state index contributed by atoms with van der Waals surface area (Å²) >= 11 is 1.39. The number of carbonyl (C=O) groups is 1. The summed E-state index contributed by atoms with van der Waals surface area (Å²) in [6.45, 7) is 7.17. The van der Waals surface area contributed by atoms with Crippen LogP contribution in [0.25, 0.3) is 0 Å². The van der Waals surface area contributed by atoms with E-state index in [-0.39, 0.29) is 6.03 Å². The van der Waals surface area contributed by atoms with Crippen molar-refractivity contribution in [2.45, 2.75) is 45.8 Å². The Morgan fingerprint density at radius 2 is 2.21 bits per heavy atom. The van der Waals surface area contributed by atoms with Crippen LogP contribution in [0.1, 0.15) is 44.5 Å². The molecule has 106 valence electrons. The Bertz CT molecular complexity index is 451. The monoisotopic (exact) mass is 284 g/mol. The molecule has 2 rings (SSSR count).